The molecular formula is C16H34O2. The average molecular weight is 258 g/mol. The van der Waals surface area contributed by atoms with Crippen molar-refractivity contribution >= 4 is 0 Å². The van der Waals surface area contributed by atoms with E-state index in [2.05, 4.69) is 27.7 Å². The molecule has 18 heavy (non-hydrogen) atoms. The van der Waals surface area contributed by atoms with Gasteiger partial charge in [0.1, 0.15) is 0 Å². The van der Waals surface area contributed by atoms with Crippen LogP contribution in [-0.2, 0) is 0 Å². The lowest BCUT2D eigenvalue weighted by atomic mass is 9.64. The second kappa shape index (κ2) is 7.49. The van der Waals surface area contributed by atoms with Crippen molar-refractivity contribution in [2.75, 3.05) is 0 Å². The molecule has 6 unspecified atom stereocenters. The molecule has 0 bridgehead atoms. The van der Waals surface area contributed by atoms with Gasteiger partial charge in [-0.05, 0) is 61.2 Å². The molecule has 0 radical (unpaired) electrons. The Morgan fingerprint density at radius 3 is 1.11 bits per heavy atom. The van der Waals surface area contributed by atoms with E-state index in [0.29, 0.717) is 0 Å². The zero-order valence-electron chi connectivity index (χ0n) is 12.7. The maximum atomic E-state index is 2.48. The van der Waals surface area contributed by atoms with E-state index in [0.717, 1.165) is 35.5 Å². The summed E-state index contributed by atoms with van der Waals surface area (Å²) in [4.78, 5) is 0. The first-order chi connectivity index (χ1) is 7.58. The van der Waals surface area contributed by atoms with Gasteiger partial charge in [-0.3, -0.25) is 0 Å². The fraction of sp³-hybridized carbons (Fsp3) is 1.00. The van der Waals surface area contributed by atoms with Crippen molar-refractivity contribution in [1.82, 2.24) is 0 Å². The van der Waals surface area contributed by atoms with E-state index in [4.69, 9.17) is 0 Å². The molecule has 2 fully saturated rings. The van der Waals surface area contributed by atoms with Gasteiger partial charge in [-0.2, -0.15) is 0 Å². The Morgan fingerprint density at radius 1 is 0.500 bits per heavy atom. The number of hydrogen-bond donors (Lipinski definition) is 0. The minimum atomic E-state index is 0. The second-order valence-electron chi connectivity index (χ2n) is 7.06. The zero-order chi connectivity index (χ0) is 11.7. The lowest BCUT2D eigenvalue weighted by Gasteiger charge is -2.41. The molecule has 0 heterocycles. The van der Waals surface area contributed by atoms with Gasteiger partial charge in [0.2, 0.25) is 0 Å². The van der Waals surface area contributed by atoms with Crippen molar-refractivity contribution in [3.05, 3.63) is 0 Å². The largest absolute Gasteiger partial charge is 0.412 e. The maximum Gasteiger partial charge on any atom is -0.0383 e. The van der Waals surface area contributed by atoms with Gasteiger partial charge in [-0.1, -0.05) is 40.5 Å². The van der Waals surface area contributed by atoms with Gasteiger partial charge in [0, 0.05) is 0 Å². The Balaban J connectivity index is 0.00000144. The summed E-state index contributed by atoms with van der Waals surface area (Å²) in [7, 11) is 0. The molecule has 0 spiro atoms. The van der Waals surface area contributed by atoms with Crippen LogP contribution in [0.3, 0.4) is 0 Å². The third-order valence-corrected chi connectivity index (χ3v) is 5.94. The van der Waals surface area contributed by atoms with Crippen molar-refractivity contribution in [3.63, 3.8) is 0 Å². The first kappa shape index (κ1) is 17.9. The Labute approximate surface area is 113 Å². The summed E-state index contributed by atoms with van der Waals surface area (Å²) in [6, 6.07) is 0. The normalized spacial score (nSPS) is 44.7. The van der Waals surface area contributed by atoms with Crippen molar-refractivity contribution in [2.45, 2.75) is 66.2 Å². The lowest BCUT2D eigenvalue weighted by Crippen LogP contribution is -2.31. The molecule has 2 heteroatoms. The van der Waals surface area contributed by atoms with Gasteiger partial charge < -0.3 is 11.0 Å². The smallest absolute Gasteiger partial charge is 0.0383 e. The SMILES string of the molecule is CC1CCC(C2CCC(C)C(C)C2)CC1C.O.O. The van der Waals surface area contributed by atoms with E-state index in [9.17, 15) is 0 Å². The standard InChI is InChI=1S/C16H30.2H2O/c1-11-5-7-15(9-13(11)3)16-8-6-12(2)14(4)10-16;;/h11-16H,5-10H2,1-4H3;2*1H2. The van der Waals surface area contributed by atoms with Crippen molar-refractivity contribution < 1.29 is 11.0 Å². The molecule has 6 atom stereocenters. The molecule has 2 aliphatic rings. The van der Waals surface area contributed by atoms with Crippen molar-refractivity contribution in [1.29, 1.82) is 0 Å². The third-order valence-electron chi connectivity index (χ3n) is 5.94. The van der Waals surface area contributed by atoms with Gasteiger partial charge in [0.15, 0.2) is 0 Å². The van der Waals surface area contributed by atoms with Crippen LogP contribution in [0.4, 0.5) is 0 Å². The highest BCUT2D eigenvalue weighted by Crippen LogP contribution is 2.44. The minimum Gasteiger partial charge on any atom is -0.412 e. The number of hydrogen-bond acceptors (Lipinski definition) is 0. The molecule has 110 valence electrons. The molecule has 2 nitrogen and oxygen atoms in total. The summed E-state index contributed by atoms with van der Waals surface area (Å²) < 4.78 is 0. The van der Waals surface area contributed by atoms with Gasteiger partial charge in [0.25, 0.3) is 0 Å². The lowest BCUT2D eigenvalue weighted by molar-refractivity contribution is 0.0956. The van der Waals surface area contributed by atoms with Crippen molar-refractivity contribution in [2.24, 2.45) is 35.5 Å². The van der Waals surface area contributed by atoms with Crippen LogP contribution in [0.15, 0.2) is 0 Å². The monoisotopic (exact) mass is 258 g/mol. The predicted octanol–water partition coefficient (Wildman–Crippen LogP) is 3.48. The third kappa shape index (κ3) is 3.96. The van der Waals surface area contributed by atoms with Crippen LogP contribution in [0.2, 0.25) is 0 Å². The first-order valence-electron chi connectivity index (χ1n) is 7.58. The summed E-state index contributed by atoms with van der Waals surface area (Å²) in [5.74, 6) is 6.07. The Bertz CT molecular complexity index is 205. The molecule has 2 aliphatic carbocycles. The maximum absolute atomic E-state index is 2.48. The van der Waals surface area contributed by atoms with Crippen molar-refractivity contribution in [3.8, 4) is 0 Å². The molecular weight excluding hydrogens is 224 g/mol. The van der Waals surface area contributed by atoms with Gasteiger partial charge >= 0.3 is 0 Å². The average Bonchev–Trinajstić information content (AvgIpc) is 2.26. The van der Waals surface area contributed by atoms with E-state index in [1.165, 1.54) is 38.5 Å². The molecule has 0 saturated heterocycles. The summed E-state index contributed by atoms with van der Waals surface area (Å²) in [5, 5.41) is 0. The topological polar surface area (TPSA) is 63.0 Å². The Morgan fingerprint density at radius 2 is 0.833 bits per heavy atom. The predicted molar refractivity (Wildman–Crippen MR) is 78.6 cm³/mol. The van der Waals surface area contributed by atoms with Crippen LogP contribution in [0.5, 0.6) is 0 Å². The van der Waals surface area contributed by atoms with Crippen LogP contribution >= 0.6 is 0 Å². The van der Waals surface area contributed by atoms with E-state index in [1.54, 1.807) is 0 Å². The fourth-order valence-corrected chi connectivity index (χ4v) is 4.03. The summed E-state index contributed by atoms with van der Waals surface area (Å²) in [5.41, 5.74) is 0. The van der Waals surface area contributed by atoms with E-state index in [-0.39, 0.29) is 11.0 Å². The summed E-state index contributed by atoms with van der Waals surface area (Å²) in [6.07, 6.45) is 9.08. The first-order valence-corrected chi connectivity index (χ1v) is 7.58. The fourth-order valence-electron chi connectivity index (χ4n) is 4.03. The molecule has 0 aromatic carbocycles. The quantitative estimate of drug-likeness (QED) is 0.691. The molecule has 0 aromatic rings. The van der Waals surface area contributed by atoms with Crippen LogP contribution in [0, 0.1) is 35.5 Å². The van der Waals surface area contributed by atoms with Gasteiger partial charge in [0.05, 0.1) is 0 Å². The minimum absolute atomic E-state index is 0. The van der Waals surface area contributed by atoms with E-state index < -0.39 is 0 Å². The zero-order valence-corrected chi connectivity index (χ0v) is 12.7. The second-order valence-corrected chi connectivity index (χ2v) is 7.06. The van der Waals surface area contributed by atoms with E-state index >= 15 is 0 Å². The van der Waals surface area contributed by atoms with Crippen LogP contribution in [0.25, 0.3) is 0 Å². The highest BCUT2D eigenvalue weighted by atomic mass is 16.0. The highest BCUT2D eigenvalue weighted by Gasteiger charge is 2.33. The molecule has 4 N–H and O–H groups in total. The molecule has 0 amide bonds. The van der Waals surface area contributed by atoms with Gasteiger partial charge in [-0.25, -0.2) is 0 Å². The van der Waals surface area contributed by atoms with Crippen LogP contribution in [0.1, 0.15) is 66.2 Å². The molecule has 2 saturated carbocycles. The number of rotatable bonds is 1. The summed E-state index contributed by atoms with van der Waals surface area (Å²) in [6.45, 7) is 9.86. The highest BCUT2D eigenvalue weighted by molar-refractivity contribution is 4.84. The van der Waals surface area contributed by atoms with Gasteiger partial charge in [-0.15, -0.1) is 0 Å². The molecule has 2 rings (SSSR count). The summed E-state index contributed by atoms with van der Waals surface area (Å²) >= 11 is 0. The van der Waals surface area contributed by atoms with E-state index in [1.807, 2.05) is 0 Å². The molecule has 0 aliphatic heterocycles. The van der Waals surface area contributed by atoms with Crippen LogP contribution in [-0.4, -0.2) is 11.0 Å². The Hall–Kier alpha value is -0.0800. The Kier molecular flexibility index (Phi) is 7.46. The van der Waals surface area contributed by atoms with Crippen LogP contribution < -0.4 is 0 Å². The molecule has 0 aromatic heterocycles.